The Morgan fingerprint density at radius 1 is 1.00 bits per heavy atom. The number of anilines is 2. The molecule has 1 aromatic heterocycles. The summed E-state index contributed by atoms with van der Waals surface area (Å²) < 4.78 is 27.5. The van der Waals surface area contributed by atoms with Crippen molar-refractivity contribution in [2.75, 3.05) is 16.7 Å². The van der Waals surface area contributed by atoms with Crippen molar-refractivity contribution in [3.8, 4) is 0 Å². The number of benzene rings is 2. The van der Waals surface area contributed by atoms with Gasteiger partial charge in [0.05, 0.1) is 5.69 Å². The van der Waals surface area contributed by atoms with E-state index in [2.05, 4.69) is 5.32 Å². The Kier molecular flexibility index (Phi) is 5.58. The summed E-state index contributed by atoms with van der Waals surface area (Å²) in [5.41, 5.74) is 4.31. The molecule has 7 heteroatoms. The van der Waals surface area contributed by atoms with Gasteiger partial charge in [-0.15, -0.1) is 11.3 Å². The van der Waals surface area contributed by atoms with Crippen LogP contribution in [0.1, 0.15) is 26.4 Å². The van der Waals surface area contributed by atoms with Crippen LogP contribution >= 0.6 is 11.3 Å². The van der Waals surface area contributed by atoms with Gasteiger partial charge in [0.25, 0.3) is 15.9 Å². The number of nitrogens with zero attached hydrogens (tertiary/aromatic N) is 1. The van der Waals surface area contributed by atoms with Crippen LogP contribution in [0.5, 0.6) is 0 Å². The monoisotopic (exact) mass is 414 g/mol. The maximum absolute atomic E-state index is 13.1. The van der Waals surface area contributed by atoms with Crippen molar-refractivity contribution < 1.29 is 13.2 Å². The van der Waals surface area contributed by atoms with E-state index in [4.69, 9.17) is 0 Å². The summed E-state index contributed by atoms with van der Waals surface area (Å²) in [7, 11) is -2.37. The fourth-order valence-corrected chi connectivity index (χ4v) is 5.27. The van der Waals surface area contributed by atoms with Crippen molar-refractivity contribution >= 4 is 38.6 Å². The van der Waals surface area contributed by atoms with Gasteiger partial charge in [-0.2, -0.15) is 0 Å². The van der Waals surface area contributed by atoms with Crippen LogP contribution < -0.4 is 9.62 Å². The van der Waals surface area contributed by atoms with E-state index >= 15 is 0 Å². The number of nitrogens with one attached hydrogen (secondary N) is 1. The van der Waals surface area contributed by atoms with Gasteiger partial charge in [-0.05, 0) is 73.2 Å². The van der Waals surface area contributed by atoms with Crippen LogP contribution in [-0.2, 0) is 10.0 Å². The predicted molar refractivity (Wildman–Crippen MR) is 115 cm³/mol. The molecule has 0 atom stereocenters. The van der Waals surface area contributed by atoms with Gasteiger partial charge in [0.1, 0.15) is 9.77 Å². The Balaban J connectivity index is 1.91. The highest BCUT2D eigenvalue weighted by atomic mass is 32.2. The van der Waals surface area contributed by atoms with E-state index < -0.39 is 15.9 Å². The lowest BCUT2D eigenvalue weighted by atomic mass is 10.1. The number of carbonyl (C=O) groups is 1. The minimum Gasteiger partial charge on any atom is -0.321 e. The first-order valence-electron chi connectivity index (χ1n) is 8.72. The molecule has 1 N–H and O–H groups in total. The van der Waals surface area contributed by atoms with Crippen molar-refractivity contribution in [1.29, 1.82) is 0 Å². The molecule has 0 aliphatic rings. The third-order valence-electron chi connectivity index (χ3n) is 4.60. The average molecular weight is 415 g/mol. The molecule has 0 radical (unpaired) electrons. The van der Waals surface area contributed by atoms with Gasteiger partial charge in [-0.1, -0.05) is 18.2 Å². The van der Waals surface area contributed by atoms with Crippen LogP contribution in [0.25, 0.3) is 0 Å². The highest BCUT2D eigenvalue weighted by Crippen LogP contribution is 2.29. The Bertz CT molecular complexity index is 1130. The molecule has 0 bridgehead atoms. The maximum Gasteiger partial charge on any atom is 0.267 e. The van der Waals surface area contributed by atoms with Crippen LogP contribution in [0.2, 0.25) is 0 Å². The van der Waals surface area contributed by atoms with Gasteiger partial charge in [0.2, 0.25) is 0 Å². The SMILES string of the molecule is Cc1cccc(N(C)S(=O)(=O)c2ccsc2C(=O)Nc2ccc(C)c(C)c2)c1. The van der Waals surface area contributed by atoms with Crippen molar-refractivity contribution in [1.82, 2.24) is 0 Å². The van der Waals surface area contributed by atoms with Crippen molar-refractivity contribution in [3.63, 3.8) is 0 Å². The molecule has 0 unspecified atom stereocenters. The number of amides is 1. The van der Waals surface area contributed by atoms with Crippen molar-refractivity contribution in [3.05, 3.63) is 75.5 Å². The van der Waals surface area contributed by atoms with Crippen molar-refractivity contribution in [2.24, 2.45) is 0 Å². The van der Waals surface area contributed by atoms with Crippen LogP contribution in [0.3, 0.4) is 0 Å². The van der Waals surface area contributed by atoms with Gasteiger partial charge in [-0.3, -0.25) is 9.10 Å². The molecule has 1 amide bonds. The third-order valence-corrected chi connectivity index (χ3v) is 7.47. The first-order valence-corrected chi connectivity index (χ1v) is 11.0. The Labute approximate surface area is 169 Å². The van der Waals surface area contributed by atoms with E-state index in [0.717, 1.165) is 28.0 Å². The highest BCUT2D eigenvalue weighted by Gasteiger charge is 2.28. The standard InChI is InChI=1S/C21H22N2O3S2/c1-14-6-5-7-18(12-14)23(4)28(25,26)19-10-11-27-20(19)21(24)22-17-9-8-15(2)16(3)13-17/h5-13H,1-4H3,(H,22,24). The summed E-state index contributed by atoms with van der Waals surface area (Å²) >= 11 is 1.11. The number of sulfonamides is 1. The number of thiophene rings is 1. The molecule has 28 heavy (non-hydrogen) atoms. The molecule has 0 saturated carbocycles. The number of carbonyl (C=O) groups excluding carboxylic acids is 1. The molecule has 0 saturated heterocycles. The average Bonchev–Trinajstić information content (AvgIpc) is 3.15. The zero-order chi connectivity index (χ0) is 20.5. The molecule has 5 nitrogen and oxygen atoms in total. The molecule has 0 spiro atoms. The molecule has 3 aromatic rings. The molecular weight excluding hydrogens is 392 g/mol. The maximum atomic E-state index is 13.1. The first-order chi connectivity index (χ1) is 13.2. The summed E-state index contributed by atoms with van der Waals surface area (Å²) in [6.07, 6.45) is 0. The van der Waals surface area contributed by atoms with Gasteiger partial charge in [0, 0.05) is 12.7 Å². The van der Waals surface area contributed by atoms with Crippen LogP contribution in [0, 0.1) is 20.8 Å². The normalized spacial score (nSPS) is 11.3. The molecule has 0 fully saturated rings. The Hall–Kier alpha value is -2.64. The predicted octanol–water partition coefficient (Wildman–Crippen LogP) is 4.75. The fraction of sp³-hybridized carbons (Fsp3) is 0.190. The van der Waals surface area contributed by atoms with Crippen LogP contribution in [0.15, 0.2) is 58.8 Å². The van der Waals surface area contributed by atoms with Crippen LogP contribution in [0.4, 0.5) is 11.4 Å². The summed E-state index contributed by atoms with van der Waals surface area (Å²) in [5, 5.41) is 4.42. The largest absolute Gasteiger partial charge is 0.321 e. The quantitative estimate of drug-likeness (QED) is 0.655. The molecule has 0 aliphatic heterocycles. The van der Waals surface area contributed by atoms with Gasteiger partial charge in [-0.25, -0.2) is 8.42 Å². The highest BCUT2D eigenvalue weighted by molar-refractivity contribution is 7.93. The second kappa shape index (κ2) is 7.77. The molecule has 2 aromatic carbocycles. The van der Waals surface area contributed by atoms with Gasteiger partial charge >= 0.3 is 0 Å². The summed E-state index contributed by atoms with van der Waals surface area (Å²) in [6, 6.07) is 14.3. The van der Waals surface area contributed by atoms with Gasteiger partial charge in [0.15, 0.2) is 0 Å². The minimum absolute atomic E-state index is 0.00263. The number of aryl methyl sites for hydroxylation is 3. The fourth-order valence-electron chi connectivity index (χ4n) is 2.78. The summed E-state index contributed by atoms with van der Waals surface area (Å²) in [4.78, 5) is 12.9. The van der Waals surface area contributed by atoms with Crippen LogP contribution in [-0.4, -0.2) is 21.4 Å². The lowest BCUT2D eigenvalue weighted by Gasteiger charge is -2.20. The zero-order valence-electron chi connectivity index (χ0n) is 16.2. The van der Waals surface area contributed by atoms with Crippen molar-refractivity contribution in [2.45, 2.75) is 25.7 Å². The molecular formula is C21H22N2O3S2. The summed E-state index contributed by atoms with van der Waals surface area (Å²) in [5.74, 6) is -0.436. The van der Waals surface area contributed by atoms with E-state index in [0.29, 0.717) is 11.4 Å². The van der Waals surface area contributed by atoms with E-state index in [9.17, 15) is 13.2 Å². The molecule has 1 heterocycles. The second-order valence-electron chi connectivity index (χ2n) is 6.68. The van der Waals surface area contributed by atoms with E-state index in [-0.39, 0.29) is 9.77 Å². The molecule has 3 rings (SSSR count). The number of hydrogen-bond acceptors (Lipinski definition) is 4. The third kappa shape index (κ3) is 3.95. The summed E-state index contributed by atoms with van der Waals surface area (Å²) in [6.45, 7) is 5.85. The number of hydrogen-bond donors (Lipinski definition) is 1. The molecule has 146 valence electrons. The van der Waals surface area contributed by atoms with E-state index in [1.807, 2.05) is 39.0 Å². The first kappa shape index (κ1) is 20.1. The van der Waals surface area contributed by atoms with Gasteiger partial charge < -0.3 is 5.32 Å². The van der Waals surface area contributed by atoms with E-state index in [1.54, 1.807) is 29.6 Å². The smallest absolute Gasteiger partial charge is 0.267 e. The minimum atomic E-state index is -3.87. The van der Waals surface area contributed by atoms with E-state index in [1.165, 1.54) is 17.4 Å². The topological polar surface area (TPSA) is 66.5 Å². The Morgan fingerprint density at radius 3 is 2.43 bits per heavy atom. The molecule has 0 aliphatic carbocycles. The lowest BCUT2D eigenvalue weighted by Crippen LogP contribution is -2.28. The number of rotatable bonds is 5. The lowest BCUT2D eigenvalue weighted by molar-refractivity contribution is 0.102. The second-order valence-corrected chi connectivity index (χ2v) is 9.53. The zero-order valence-corrected chi connectivity index (χ0v) is 17.8. The Morgan fingerprint density at radius 2 is 1.75 bits per heavy atom.